The SMILES string of the molecule is CC(C)N=C(N)N(C#N)CCCNCCOc1cccc2c1OCCO2. The Morgan fingerprint density at radius 2 is 2.19 bits per heavy atom. The smallest absolute Gasteiger partial charge is 0.204 e. The van der Waals surface area contributed by atoms with Crippen LogP contribution in [0.2, 0.25) is 0 Å². The molecule has 0 atom stereocenters. The molecular formula is C18H27N5O3. The molecule has 0 radical (unpaired) electrons. The van der Waals surface area contributed by atoms with E-state index in [1.165, 1.54) is 4.90 Å². The second-order valence-corrected chi connectivity index (χ2v) is 6.07. The molecule has 3 N–H and O–H groups in total. The van der Waals surface area contributed by atoms with Gasteiger partial charge >= 0.3 is 0 Å². The summed E-state index contributed by atoms with van der Waals surface area (Å²) in [5.74, 6) is 2.35. The van der Waals surface area contributed by atoms with Gasteiger partial charge < -0.3 is 25.3 Å². The average Bonchev–Trinajstić information content (AvgIpc) is 2.63. The number of para-hydroxylation sites is 1. The third kappa shape index (κ3) is 6.01. The lowest BCUT2D eigenvalue weighted by atomic mass is 10.3. The number of aliphatic imine (C=N–C) groups is 1. The van der Waals surface area contributed by atoms with E-state index in [1.807, 2.05) is 32.0 Å². The molecule has 2 rings (SSSR count). The molecule has 1 aliphatic heterocycles. The fraction of sp³-hybridized carbons (Fsp3) is 0.556. The summed E-state index contributed by atoms with van der Waals surface area (Å²) in [4.78, 5) is 5.59. The van der Waals surface area contributed by atoms with Gasteiger partial charge in [0.2, 0.25) is 11.7 Å². The zero-order chi connectivity index (χ0) is 18.8. The predicted octanol–water partition coefficient (Wildman–Crippen LogP) is 1.32. The second-order valence-electron chi connectivity index (χ2n) is 6.07. The lowest BCUT2D eigenvalue weighted by molar-refractivity contribution is 0.162. The van der Waals surface area contributed by atoms with Crippen molar-refractivity contribution in [1.29, 1.82) is 5.26 Å². The van der Waals surface area contributed by atoms with Crippen molar-refractivity contribution >= 4 is 5.96 Å². The Balaban J connectivity index is 1.64. The minimum atomic E-state index is 0.0687. The average molecular weight is 361 g/mol. The van der Waals surface area contributed by atoms with E-state index in [0.29, 0.717) is 44.4 Å². The maximum atomic E-state index is 9.13. The first kappa shape index (κ1) is 19.7. The van der Waals surface area contributed by atoms with Crippen molar-refractivity contribution in [3.63, 3.8) is 0 Å². The summed E-state index contributed by atoms with van der Waals surface area (Å²) in [5.41, 5.74) is 5.80. The second kappa shape index (κ2) is 10.4. The lowest BCUT2D eigenvalue weighted by Gasteiger charge is -2.20. The number of hydrogen-bond acceptors (Lipinski definition) is 6. The lowest BCUT2D eigenvalue weighted by Crippen LogP contribution is -2.36. The number of nitriles is 1. The highest BCUT2D eigenvalue weighted by Gasteiger charge is 2.16. The van der Waals surface area contributed by atoms with E-state index in [2.05, 4.69) is 16.5 Å². The molecule has 0 fully saturated rings. The van der Waals surface area contributed by atoms with Crippen molar-refractivity contribution in [2.24, 2.45) is 10.7 Å². The normalized spacial score (nSPS) is 13.4. The zero-order valence-corrected chi connectivity index (χ0v) is 15.4. The fourth-order valence-electron chi connectivity index (χ4n) is 2.43. The van der Waals surface area contributed by atoms with E-state index in [-0.39, 0.29) is 12.0 Å². The van der Waals surface area contributed by atoms with Crippen LogP contribution >= 0.6 is 0 Å². The highest BCUT2D eigenvalue weighted by molar-refractivity contribution is 5.79. The largest absolute Gasteiger partial charge is 0.488 e. The van der Waals surface area contributed by atoms with E-state index >= 15 is 0 Å². The Morgan fingerprint density at radius 3 is 2.96 bits per heavy atom. The van der Waals surface area contributed by atoms with E-state index in [1.54, 1.807) is 0 Å². The monoisotopic (exact) mass is 361 g/mol. The van der Waals surface area contributed by atoms with Gasteiger partial charge in [0.15, 0.2) is 17.7 Å². The Bertz CT molecular complexity index is 642. The maximum absolute atomic E-state index is 9.13. The van der Waals surface area contributed by atoms with Gasteiger partial charge in [-0.25, -0.2) is 9.89 Å². The first-order valence-corrected chi connectivity index (χ1v) is 8.84. The van der Waals surface area contributed by atoms with Crippen LogP contribution < -0.4 is 25.3 Å². The van der Waals surface area contributed by atoms with Gasteiger partial charge in [-0.3, -0.25) is 0 Å². The molecule has 1 aromatic rings. The van der Waals surface area contributed by atoms with Crippen molar-refractivity contribution in [2.75, 3.05) is 39.5 Å². The zero-order valence-electron chi connectivity index (χ0n) is 15.4. The summed E-state index contributed by atoms with van der Waals surface area (Å²) in [6.07, 6.45) is 2.84. The van der Waals surface area contributed by atoms with Crippen molar-refractivity contribution in [3.8, 4) is 23.4 Å². The number of nitrogens with one attached hydrogen (secondary N) is 1. The summed E-state index contributed by atoms with van der Waals surface area (Å²) >= 11 is 0. The third-order valence-corrected chi connectivity index (χ3v) is 3.59. The molecule has 0 bridgehead atoms. The maximum Gasteiger partial charge on any atom is 0.204 e. The molecule has 1 aromatic carbocycles. The Morgan fingerprint density at radius 1 is 1.38 bits per heavy atom. The van der Waals surface area contributed by atoms with Crippen LogP contribution in [-0.4, -0.2) is 56.4 Å². The number of ether oxygens (including phenoxy) is 3. The summed E-state index contributed by atoms with van der Waals surface area (Å²) < 4.78 is 16.9. The minimum absolute atomic E-state index is 0.0687. The fourth-order valence-corrected chi connectivity index (χ4v) is 2.43. The van der Waals surface area contributed by atoms with Crippen molar-refractivity contribution in [2.45, 2.75) is 26.3 Å². The van der Waals surface area contributed by atoms with Gasteiger partial charge in [0.1, 0.15) is 19.8 Å². The molecule has 0 spiro atoms. The highest BCUT2D eigenvalue weighted by atomic mass is 16.6. The molecule has 1 aliphatic rings. The van der Waals surface area contributed by atoms with Gasteiger partial charge in [-0.2, -0.15) is 5.26 Å². The topological polar surface area (TPSA) is 105 Å². The molecular weight excluding hydrogens is 334 g/mol. The molecule has 26 heavy (non-hydrogen) atoms. The molecule has 8 heteroatoms. The molecule has 142 valence electrons. The number of rotatable bonds is 9. The Hall–Kier alpha value is -2.66. The molecule has 0 aliphatic carbocycles. The molecule has 0 aromatic heterocycles. The van der Waals surface area contributed by atoms with Crippen LogP contribution in [0.15, 0.2) is 23.2 Å². The summed E-state index contributed by atoms with van der Waals surface area (Å²) in [7, 11) is 0. The summed E-state index contributed by atoms with van der Waals surface area (Å²) in [6, 6.07) is 5.69. The van der Waals surface area contributed by atoms with Crippen LogP contribution in [0, 0.1) is 11.5 Å². The van der Waals surface area contributed by atoms with Gasteiger partial charge in [0, 0.05) is 19.1 Å². The number of nitrogens with zero attached hydrogens (tertiary/aromatic N) is 3. The predicted molar refractivity (Wildman–Crippen MR) is 99.5 cm³/mol. The molecule has 0 unspecified atom stereocenters. The van der Waals surface area contributed by atoms with Crippen LogP contribution in [0.1, 0.15) is 20.3 Å². The number of nitrogens with two attached hydrogens (primary N) is 1. The van der Waals surface area contributed by atoms with E-state index in [0.717, 1.165) is 18.7 Å². The van der Waals surface area contributed by atoms with Crippen LogP contribution in [0.25, 0.3) is 0 Å². The Labute approximate surface area is 154 Å². The highest BCUT2D eigenvalue weighted by Crippen LogP contribution is 2.38. The van der Waals surface area contributed by atoms with E-state index in [9.17, 15) is 0 Å². The third-order valence-electron chi connectivity index (χ3n) is 3.59. The minimum Gasteiger partial charge on any atom is -0.488 e. The van der Waals surface area contributed by atoms with Gasteiger partial charge in [-0.05, 0) is 38.9 Å². The van der Waals surface area contributed by atoms with Crippen LogP contribution in [0.3, 0.4) is 0 Å². The van der Waals surface area contributed by atoms with Gasteiger partial charge in [0.05, 0.1) is 0 Å². The first-order valence-electron chi connectivity index (χ1n) is 8.84. The Kier molecular flexibility index (Phi) is 7.83. The molecule has 1 heterocycles. The number of guanidine groups is 1. The van der Waals surface area contributed by atoms with Gasteiger partial charge in [0.25, 0.3) is 0 Å². The molecule has 8 nitrogen and oxygen atoms in total. The van der Waals surface area contributed by atoms with Crippen molar-refractivity contribution < 1.29 is 14.2 Å². The molecule has 0 amide bonds. The van der Waals surface area contributed by atoms with Crippen molar-refractivity contribution in [3.05, 3.63) is 18.2 Å². The van der Waals surface area contributed by atoms with Crippen LogP contribution in [0.5, 0.6) is 17.2 Å². The summed E-state index contributed by atoms with van der Waals surface area (Å²) in [6.45, 7) is 7.42. The molecule has 0 saturated carbocycles. The van der Waals surface area contributed by atoms with Gasteiger partial charge in [-0.1, -0.05) is 6.07 Å². The standard InChI is InChI=1S/C18H27N5O3/c1-14(2)22-18(20)23(13-19)9-4-7-21-8-10-24-15-5-3-6-16-17(15)26-12-11-25-16/h3,5-6,14,21H,4,7-12H2,1-2H3,(H2,20,22). The summed E-state index contributed by atoms with van der Waals surface area (Å²) in [5, 5.41) is 12.4. The van der Waals surface area contributed by atoms with E-state index < -0.39 is 0 Å². The quantitative estimate of drug-likeness (QED) is 0.225. The molecule has 0 saturated heterocycles. The van der Waals surface area contributed by atoms with E-state index in [4.69, 9.17) is 25.2 Å². The van der Waals surface area contributed by atoms with Crippen molar-refractivity contribution in [1.82, 2.24) is 10.2 Å². The number of benzene rings is 1. The first-order chi connectivity index (χ1) is 12.6. The van der Waals surface area contributed by atoms with Crippen LogP contribution in [0.4, 0.5) is 0 Å². The van der Waals surface area contributed by atoms with Crippen LogP contribution in [-0.2, 0) is 0 Å². The van der Waals surface area contributed by atoms with Gasteiger partial charge in [-0.15, -0.1) is 0 Å². The number of fused-ring (bicyclic) bond motifs is 1. The number of hydrogen-bond donors (Lipinski definition) is 2.